The summed E-state index contributed by atoms with van der Waals surface area (Å²) < 4.78 is 25.4. The van der Waals surface area contributed by atoms with Gasteiger partial charge in [0.25, 0.3) is 0 Å². The molecule has 1 aromatic carbocycles. The number of ether oxygens (including phenoxy) is 2. The monoisotopic (exact) mass is 265 g/mol. The van der Waals surface area contributed by atoms with Gasteiger partial charge in [0.2, 0.25) is 0 Å². The third-order valence-corrected chi connectivity index (χ3v) is 4.26. The Hall–Kier alpha value is -1.13. The van der Waals surface area contributed by atoms with Gasteiger partial charge in [0.05, 0.1) is 12.2 Å². The molecule has 1 aliphatic carbocycles. The number of rotatable bonds is 3. The maximum absolute atomic E-state index is 13.6. The first kappa shape index (κ1) is 12.9. The lowest BCUT2D eigenvalue weighted by molar-refractivity contribution is -0.153. The Labute approximate surface area is 112 Å². The summed E-state index contributed by atoms with van der Waals surface area (Å²) in [6.07, 6.45) is 5.44. The Kier molecular flexibility index (Phi) is 3.46. The van der Waals surface area contributed by atoms with Crippen molar-refractivity contribution in [3.8, 4) is 5.75 Å². The van der Waals surface area contributed by atoms with Gasteiger partial charge < -0.3 is 15.2 Å². The highest BCUT2D eigenvalue weighted by atomic mass is 19.1. The Morgan fingerprint density at radius 3 is 2.89 bits per heavy atom. The summed E-state index contributed by atoms with van der Waals surface area (Å²) in [5.41, 5.74) is 6.03. The molecule has 1 heterocycles. The summed E-state index contributed by atoms with van der Waals surface area (Å²) in [4.78, 5) is 0. The molecule has 1 saturated carbocycles. The first-order valence-electron chi connectivity index (χ1n) is 7.00. The zero-order chi connectivity index (χ0) is 13.3. The quantitative estimate of drug-likeness (QED) is 0.914. The molecule has 3 nitrogen and oxygen atoms in total. The molecule has 104 valence electrons. The predicted molar refractivity (Wildman–Crippen MR) is 70.5 cm³/mol. The Morgan fingerprint density at radius 2 is 2.26 bits per heavy atom. The van der Waals surface area contributed by atoms with E-state index in [9.17, 15) is 4.39 Å². The highest BCUT2D eigenvalue weighted by molar-refractivity contribution is 5.29. The van der Waals surface area contributed by atoms with Crippen molar-refractivity contribution in [3.63, 3.8) is 0 Å². The van der Waals surface area contributed by atoms with Gasteiger partial charge in [-0.1, -0.05) is 6.07 Å². The van der Waals surface area contributed by atoms with E-state index in [1.807, 2.05) is 0 Å². The van der Waals surface area contributed by atoms with Crippen molar-refractivity contribution in [1.82, 2.24) is 0 Å². The van der Waals surface area contributed by atoms with Gasteiger partial charge in [-0.05, 0) is 25.3 Å². The first-order chi connectivity index (χ1) is 9.21. The van der Waals surface area contributed by atoms with Gasteiger partial charge in [0.1, 0.15) is 17.7 Å². The van der Waals surface area contributed by atoms with Crippen molar-refractivity contribution in [2.75, 3.05) is 6.61 Å². The molecule has 1 spiro atoms. The molecular weight excluding hydrogens is 245 g/mol. The van der Waals surface area contributed by atoms with Crippen molar-refractivity contribution in [1.29, 1.82) is 0 Å². The second-order valence-electron chi connectivity index (χ2n) is 5.58. The summed E-state index contributed by atoms with van der Waals surface area (Å²) in [5.74, 6) is 0.307. The van der Waals surface area contributed by atoms with Crippen molar-refractivity contribution in [2.24, 2.45) is 5.73 Å². The van der Waals surface area contributed by atoms with Crippen LogP contribution in [-0.2, 0) is 11.3 Å². The minimum Gasteiger partial charge on any atom is -0.490 e. The lowest BCUT2D eigenvalue weighted by Crippen LogP contribution is -2.48. The molecule has 1 unspecified atom stereocenters. The Bertz CT molecular complexity index is 459. The number of hydrogen-bond acceptors (Lipinski definition) is 3. The van der Waals surface area contributed by atoms with Crippen LogP contribution in [0.5, 0.6) is 5.75 Å². The van der Waals surface area contributed by atoms with Crippen molar-refractivity contribution in [2.45, 2.75) is 50.4 Å². The van der Waals surface area contributed by atoms with Gasteiger partial charge in [-0.25, -0.2) is 4.39 Å². The van der Waals surface area contributed by atoms with Crippen LogP contribution in [0.25, 0.3) is 0 Å². The van der Waals surface area contributed by atoms with E-state index in [0.717, 1.165) is 32.3 Å². The molecule has 2 N–H and O–H groups in total. The van der Waals surface area contributed by atoms with Crippen LogP contribution in [0, 0.1) is 5.82 Å². The van der Waals surface area contributed by atoms with Crippen molar-refractivity contribution >= 4 is 0 Å². The molecule has 2 aliphatic rings. The summed E-state index contributed by atoms with van der Waals surface area (Å²) in [6, 6.07) is 4.93. The smallest absolute Gasteiger partial charge is 0.131 e. The topological polar surface area (TPSA) is 44.5 Å². The molecule has 0 aromatic heterocycles. The average Bonchev–Trinajstić information content (AvgIpc) is 2.37. The van der Waals surface area contributed by atoms with Crippen LogP contribution in [0.4, 0.5) is 4.39 Å². The summed E-state index contributed by atoms with van der Waals surface area (Å²) >= 11 is 0. The van der Waals surface area contributed by atoms with E-state index in [1.54, 1.807) is 12.1 Å². The molecule has 3 rings (SSSR count). The number of hydrogen-bond donors (Lipinski definition) is 1. The van der Waals surface area contributed by atoms with Gasteiger partial charge >= 0.3 is 0 Å². The summed E-state index contributed by atoms with van der Waals surface area (Å²) in [7, 11) is 0. The molecule has 1 aromatic rings. The van der Waals surface area contributed by atoms with Crippen LogP contribution >= 0.6 is 0 Å². The van der Waals surface area contributed by atoms with Crippen LogP contribution < -0.4 is 10.5 Å². The van der Waals surface area contributed by atoms with Crippen LogP contribution in [-0.4, -0.2) is 18.3 Å². The van der Waals surface area contributed by atoms with Crippen LogP contribution in [0.1, 0.15) is 37.7 Å². The van der Waals surface area contributed by atoms with Crippen LogP contribution in [0.15, 0.2) is 18.2 Å². The fourth-order valence-electron chi connectivity index (χ4n) is 2.96. The molecule has 0 radical (unpaired) electrons. The predicted octanol–water partition coefficient (Wildman–Crippen LogP) is 2.76. The Morgan fingerprint density at radius 1 is 1.42 bits per heavy atom. The second-order valence-corrected chi connectivity index (χ2v) is 5.58. The van der Waals surface area contributed by atoms with Gasteiger partial charge in [0, 0.05) is 31.0 Å². The van der Waals surface area contributed by atoms with E-state index in [1.165, 1.54) is 12.5 Å². The lowest BCUT2D eigenvalue weighted by atomic mass is 9.74. The molecular formula is C15H20FNO2. The number of benzene rings is 1. The fourth-order valence-corrected chi connectivity index (χ4v) is 2.96. The van der Waals surface area contributed by atoms with Crippen molar-refractivity contribution in [3.05, 3.63) is 29.6 Å². The lowest BCUT2D eigenvalue weighted by Gasteiger charge is -2.46. The summed E-state index contributed by atoms with van der Waals surface area (Å²) in [5, 5.41) is 0. The maximum Gasteiger partial charge on any atom is 0.131 e. The molecule has 19 heavy (non-hydrogen) atoms. The summed E-state index contributed by atoms with van der Waals surface area (Å²) in [6.45, 7) is 0.959. The molecule has 1 atom stereocenters. The zero-order valence-corrected chi connectivity index (χ0v) is 11.0. The van der Waals surface area contributed by atoms with E-state index >= 15 is 0 Å². The Balaban J connectivity index is 1.66. The SMILES string of the molecule is NCc1ccc(OC2CCOC3(CCC3)C2)cc1F. The van der Waals surface area contributed by atoms with E-state index < -0.39 is 0 Å². The van der Waals surface area contributed by atoms with Crippen LogP contribution in [0.2, 0.25) is 0 Å². The third-order valence-electron chi connectivity index (χ3n) is 4.26. The molecule has 4 heteroatoms. The highest BCUT2D eigenvalue weighted by Gasteiger charge is 2.43. The highest BCUT2D eigenvalue weighted by Crippen LogP contribution is 2.43. The largest absolute Gasteiger partial charge is 0.490 e. The van der Waals surface area contributed by atoms with Crippen molar-refractivity contribution < 1.29 is 13.9 Å². The number of halogens is 1. The molecule has 2 fully saturated rings. The van der Waals surface area contributed by atoms with E-state index in [-0.39, 0.29) is 24.1 Å². The van der Waals surface area contributed by atoms with E-state index in [2.05, 4.69) is 0 Å². The standard InChI is InChI=1S/C15H20FNO2/c16-14-8-12(3-2-11(14)10-17)19-13-4-7-18-15(9-13)5-1-6-15/h2-3,8,13H,1,4-7,9-10,17H2. The average molecular weight is 265 g/mol. The first-order valence-corrected chi connectivity index (χ1v) is 7.00. The van der Waals surface area contributed by atoms with Gasteiger partial charge in [-0.3, -0.25) is 0 Å². The maximum atomic E-state index is 13.6. The van der Waals surface area contributed by atoms with Gasteiger partial charge in [-0.15, -0.1) is 0 Å². The zero-order valence-electron chi connectivity index (χ0n) is 11.0. The molecule has 0 bridgehead atoms. The number of nitrogens with two attached hydrogens (primary N) is 1. The molecule has 1 aliphatic heterocycles. The molecule has 1 saturated heterocycles. The van der Waals surface area contributed by atoms with Gasteiger partial charge in [0.15, 0.2) is 0 Å². The minimum atomic E-state index is -0.287. The van der Waals surface area contributed by atoms with Crippen LogP contribution in [0.3, 0.4) is 0 Å². The van der Waals surface area contributed by atoms with E-state index in [4.69, 9.17) is 15.2 Å². The minimum absolute atomic E-state index is 0.0542. The third kappa shape index (κ3) is 2.60. The normalized spacial score (nSPS) is 25.1. The molecule has 0 amide bonds. The fraction of sp³-hybridized carbons (Fsp3) is 0.600. The second kappa shape index (κ2) is 5.10. The van der Waals surface area contributed by atoms with Gasteiger partial charge in [-0.2, -0.15) is 0 Å². The van der Waals surface area contributed by atoms with E-state index in [0.29, 0.717) is 11.3 Å².